The minimum Gasteiger partial charge on any atom is -0.368 e. The molecular formula is C16H26N2. The minimum atomic E-state index is 0.629. The molecule has 1 aliphatic rings. The number of benzene rings is 1. The van der Waals surface area contributed by atoms with E-state index in [-0.39, 0.29) is 0 Å². The van der Waals surface area contributed by atoms with Gasteiger partial charge in [-0.05, 0) is 51.8 Å². The number of hydrogen-bond donors (Lipinski definition) is 1. The molecule has 100 valence electrons. The van der Waals surface area contributed by atoms with Gasteiger partial charge in [0.2, 0.25) is 0 Å². The van der Waals surface area contributed by atoms with Crippen molar-refractivity contribution in [3.05, 3.63) is 29.3 Å². The average Bonchev–Trinajstić information content (AvgIpc) is 2.31. The Morgan fingerprint density at radius 2 is 2.11 bits per heavy atom. The molecule has 2 nitrogen and oxygen atoms in total. The Morgan fingerprint density at radius 3 is 2.72 bits per heavy atom. The van der Waals surface area contributed by atoms with Crippen LogP contribution in [0.5, 0.6) is 0 Å². The van der Waals surface area contributed by atoms with Crippen LogP contribution in [0.15, 0.2) is 18.2 Å². The lowest BCUT2D eigenvalue weighted by atomic mass is 9.96. The molecule has 18 heavy (non-hydrogen) atoms. The molecule has 0 spiro atoms. The summed E-state index contributed by atoms with van der Waals surface area (Å²) in [6.45, 7) is 11.2. The summed E-state index contributed by atoms with van der Waals surface area (Å²) in [7, 11) is 0. The van der Waals surface area contributed by atoms with Gasteiger partial charge in [0, 0.05) is 24.3 Å². The quantitative estimate of drug-likeness (QED) is 0.880. The summed E-state index contributed by atoms with van der Waals surface area (Å²) in [6, 6.07) is 8.13. The van der Waals surface area contributed by atoms with E-state index < -0.39 is 0 Å². The third kappa shape index (κ3) is 2.86. The van der Waals surface area contributed by atoms with E-state index in [1.54, 1.807) is 0 Å². The fourth-order valence-electron chi connectivity index (χ4n) is 3.13. The maximum atomic E-state index is 3.58. The molecule has 1 fully saturated rings. The van der Waals surface area contributed by atoms with Crippen LogP contribution in [0.1, 0.15) is 37.8 Å². The van der Waals surface area contributed by atoms with Crippen molar-refractivity contribution in [1.29, 1.82) is 0 Å². The number of rotatable bonds is 3. The zero-order valence-corrected chi connectivity index (χ0v) is 12.2. The molecule has 0 amide bonds. The van der Waals surface area contributed by atoms with Crippen LogP contribution in [-0.4, -0.2) is 25.2 Å². The first-order valence-corrected chi connectivity index (χ1v) is 7.19. The Bertz CT molecular complexity index is 400. The average molecular weight is 246 g/mol. The highest BCUT2D eigenvalue weighted by atomic mass is 15.2. The van der Waals surface area contributed by atoms with E-state index in [0.29, 0.717) is 12.1 Å². The predicted octanol–water partition coefficient (Wildman–Crippen LogP) is 3.27. The van der Waals surface area contributed by atoms with Crippen LogP contribution in [0, 0.1) is 13.8 Å². The fraction of sp³-hybridized carbons (Fsp3) is 0.625. The molecule has 1 heterocycles. The summed E-state index contributed by atoms with van der Waals surface area (Å²) in [4.78, 5) is 2.57. The van der Waals surface area contributed by atoms with Crippen LogP contribution in [0.3, 0.4) is 0 Å². The van der Waals surface area contributed by atoms with Gasteiger partial charge in [-0.15, -0.1) is 0 Å². The summed E-state index contributed by atoms with van der Waals surface area (Å²) in [5, 5.41) is 3.58. The molecule has 0 saturated carbocycles. The highest BCUT2D eigenvalue weighted by Gasteiger charge is 2.25. The molecule has 0 aromatic heterocycles. The molecule has 2 rings (SSSR count). The number of nitrogens with zero attached hydrogens (tertiary/aromatic N) is 1. The molecule has 2 heteroatoms. The molecular weight excluding hydrogens is 220 g/mol. The second-order valence-electron chi connectivity index (χ2n) is 5.61. The molecule has 2 atom stereocenters. The Morgan fingerprint density at radius 1 is 1.33 bits per heavy atom. The van der Waals surface area contributed by atoms with E-state index in [9.17, 15) is 0 Å². The van der Waals surface area contributed by atoms with Crippen LogP contribution in [-0.2, 0) is 0 Å². The number of anilines is 1. The van der Waals surface area contributed by atoms with Crippen LogP contribution >= 0.6 is 0 Å². The molecule has 0 aliphatic carbocycles. The van der Waals surface area contributed by atoms with Gasteiger partial charge in [-0.3, -0.25) is 0 Å². The first kappa shape index (κ1) is 13.4. The van der Waals surface area contributed by atoms with Crippen LogP contribution in [0.4, 0.5) is 5.69 Å². The molecule has 1 saturated heterocycles. The van der Waals surface area contributed by atoms with Gasteiger partial charge >= 0.3 is 0 Å². The SMILES string of the molecule is CCNC1CCN(c2ccc(C)cc2C)C(C)C1. The predicted molar refractivity (Wildman–Crippen MR) is 79.4 cm³/mol. The summed E-state index contributed by atoms with van der Waals surface area (Å²) in [5.41, 5.74) is 4.18. The van der Waals surface area contributed by atoms with Crippen molar-refractivity contribution in [3.63, 3.8) is 0 Å². The van der Waals surface area contributed by atoms with Crippen molar-refractivity contribution < 1.29 is 0 Å². The van der Waals surface area contributed by atoms with Crippen LogP contribution in [0.25, 0.3) is 0 Å². The van der Waals surface area contributed by atoms with Crippen molar-refractivity contribution in [2.75, 3.05) is 18.0 Å². The lowest BCUT2D eigenvalue weighted by molar-refractivity contribution is 0.374. The maximum Gasteiger partial charge on any atom is 0.0398 e. The molecule has 0 bridgehead atoms. The Hall–Kier alpha value is -1.02. The maximum absolute atomic E-state index is 3.58. The number of aryl methyl sites for hydroxylation is 2. The third-order valence-corrected chi connectivity index (χ3v) is 4.03. The fourth-order valence-corrected chi connectivity index (χ4v) is 3.13. The van der Waals surface area contributed by atoms with Gasteiger partial charge in [0.15, 0.2) is 0 Å². The third-order valence-electron chi connectivity index (χ3n) is 4.03. The summed E-state index contributed by atoms with van der Waals surface area (Å²) < 4.78 is 0. The minimum absolute atomic E-state index is 0.629. The lowest BCUT2D eigenvalue weighted by Gasteiger charge is -2.40. The van der Waals surface area contributed by atoms with E-state index in [4.69, 9.17) is 0 Å². The molecule has 1 aromatic rings. The van der Waals surface area contributed by atoms with E-state index in [0.717, 1.165) is 6.54 Å². The Balaban J connectivity index is 2.10. The van der Waals surface area contributed by atoms with Gasteiger partial charge in [0.05, 0.1) is 0 Å². The largest absolute Gasteiger partial charge is 0.368 e. The van der Waals surface area contributed by atoms with Gasteiger partial charge in [-0.2, -0.15) is 0 Å². The molecule has 1 aliphatic heterocycles. The van der Waals surface area contributed by atoms with Gasteiger partial charge in [-0.25, -0.2) is 0 Å². The molecule has 2 unspecified atom stereocenters. The standard InChI is InChI=1S/C16H26N2/c1-5-17-15-8-9-18(14(4)11-15)16-7-6-12(2)10-13(16)3/h6-7,10,14-15,17H,5,8-9,11H2,1-4H3. The first-order chi connectivity index (χ1) is 8.61. The van der Waals surface area contributed by atoms with Crippen molar-refractivity contribution in [2.24, 2.45) is 0 Å². The number of nitrogens with one attached hydrogen (secondary N) is 1. The number of piperidine rings is 1. The van der Waals surface area contributed by atoms with E-state index >= 15 is 0 Å². The molecule has 0 radical (unpaired) electrons. The van der Waals surface area contributed by atoms with Gasteiger partial charge in [0.1, 0.15) is 0 Å². The highest BCUT2D eigenvalue weighted by molar-refractivity contribution is 5.55. The smallest absolute Gasteiger partial charge is 0.0398 e. The van der Waals surface area contributed by atoms with Gasteiger partial charge < -0.3 is 10.2 Å². The van der Waals surface area contributed by atoms with Crippen molar-refractivity contribution in [3.8, 4) is 0 Å². The molecule has 1 N–H and O–H groups in total. The summed E-state index contributed by atoms with van der Waals surface area (Å²) >= 11 is 0. The van der Waals surface area contributed by atoms with Crippen LogP contribution < -0.4 is 10.2 Å². The topological polar surface area (TPSA) is 15.3 Å². The van der Waals surface area contributed by atoms with E-state index in [2.05, 4.69) is 56.1 Å². The van der Waals surface area contributed by atoms with Gasteiger partial charge in [-0.1, -0.05) is 24.6 Å². The second-order valence-corrected chi connectivity index (χ2v) is 5.61. The summed E-state index contributed by atoms with van der Waals surface area (Å²) in [5.74, 6) is 0. The normalized spacial score (nSPS) is 24.3. The zero-order chi connectivity index (χ0) is 13.1. The molecule has 1 aromatic carbocycles. The van der Waals surface area contributed by atoms with Crippen molar-refractivity contribution >= 4 is 5.69 Å². The first-order valence-electron chi connectivity index (χ1n) is 7.19. The monoisotopic (exact) mass is 246 g/mol. The Labute approximate surface area is 111 Å². The summed E-state index contributed by atoms with van der Waals surface area (Å²) in [6.07, 6.45) is 2.51. The number of hydrogen-bond acceptors (Lipinski definition) is 2. The highest BCUT2D eigenvalue weighted by Crippen LogP contribution is 2.28. The van der Waals surface area contributed by atoms with E-state index in [1.165, 1.54) is 36.2 Å². The Kier molecular flexibility index (Phi) is 4.28. The van der Waals surface area contributed by atoms with Crippen LogP contribution in [0.2, 0.25) is 0 Å². The van der Waals surface area contributed by atoms with Crippen molar-refractivity contribution in [2.45, 2.75) is 52.6 Å². The zero-order valence-electron chi connectivity index (χ0n) is 12.2. The van der Waals surface area contributed by atoms with Gasteiger partial charge in [0.25, 0.3) is 0 Å². The van der Waals surface area contributed by atoms with Crippen molar-refractivity contribution in [1.82, 2.24) is 5.32 Å². The second kappa shape index (κ2) is 5.75. The lowest BCUT2D eigenvalue weighted by Crippen LogP contribution is -2.47. The van der Waals surface area contributed by atoms with E-state index in [1.807, 2.05) is 0 Å².